The third-order valence-corrected chi connectivity index (χ3v) is 5.47. The van der Waals surface area contributed by atoms with Crippen molar-refractivity contribution in [3.63, 3.8) is 0 Å². The minimum absolute atomic E-state index is 0.0763. The highest BCUT2D eigenvalue weighted by Crippen LogP contribution is 2.45. The van der Waals surface area contributed by atoms with Gasteiger partial charge in [-0.2, -0.15) is 8.78 Å². The summed E-state index contributed by atoms with van der Waals surface area (Å²) in [6, 6.07) is 10.0. The molecule has 6 nitrogen and oxygen atoms in total. The molecular formula is C24H22F3NO5. The van der Waals surface area contributed by atoms with Crippen molar-refractivity contribution in [2.75, 3.05) is 19.0 Å². The van der Waals surface area contributed by atoms with E-state index in [4.69, 9.17) is 0 Å². The summed E-state index contributed by atoms with van der Waals surface area (Å²) >= 11 is 0. The summed E-state index contributed by atoms with van der Waals surface area (Å²) in [6.45, 7) is 1.15. The van der Waals surface area contributed by atoms with E-state index in [1.165, 1.54) is 31.2 Å². The second-order valence-corrected chi connectivity index (χ2v) is 7.47. The smallest absolute Gasteiger partial charge is 0.377 e. The van der Waals surface area contributed by atoms with Gasteiger partial charge in [-0.3, -0.25) is 4.79 Å². The first-order chi connectivity index (χ1) is 15.7. The van der Waals surface area contributed by atoms with Crippen molar-refractivity contribution in [3.8, 4) is 0 Å². The molecule has 1 N–H and O–H groups in total. The van der Waals surface area contributed by atoms with E-state index in [0.29, 0.717) is 0 Å². The number of carbonyl (C=O) groups is 3. The van der Waals surface area contributed by atoms with Crippen molar-refractivity contribution in [2.24, 2.45) is 0 Å². The van der Waals surface area contributed by atoms with Crippen molar-refractivity contribution in [3.05, 3.63) is 77.6 Å². The number of halogens is 3. The zero-order chi connectivity index (χ0) is 24.2. The van der Waals surface area contributed by atoms with E-state index in [1.807, 2.05) is 0 Å². The number of hydrogen-bond acceptors (Lipinski definition) is 6. The normalized spacial score (nSPS) is 19.9. The van der Waals surface area contributed by atoms with Gasteiger partial charge in [0.1, 0.15) is 5.82 Å². The van der Waals surface area contributed by atoms with E-state index < -0.39 is 47.3 Å². The highest BCUT2D eigenvalue weighted by molar-refractivity contribution is 6.04. The number of rotatable bonds is 8. The Morgan fingerprint density at radius 1 is 1.15 bits per heavy atom. The van der Waals surface area contributed by atoms with Gasteiger partial charge in [0, 0.05) is 12.1 Å². The van der Waals surface area contributed by atoms with Crippen LogP contribution in [0.4, 0.5) is 18.9 Å². The van der Waals surface area contributed by atoms with Crippen molar-refractivity contribution in [1.82, 2.24) is 0 Å². The molecule has 0 amide bonds. The lowest BCUT2D eigenvalue weighted by atomic mass is 9.70. The lowest BCUT2D eigenvalue weighted by Crippen LogP contribution is -2.51. The summed E-state index contributed by atoms with van der Waals surface area (Å²) in [6.07, 6.45) is 1.34. The van der Waals surface area contributed by atoms with E-state index in [2.05, 4.69) is 14.8 Å². The van der Waals surface area contributed by atoms with Crippen molar-refractivity contribution < 1.29 is 37.0 Å². The van der Waals surface area contributed by atoms with Gasteiger partial charge in [-0.05, 0) is 36.8 Å². The van der Waals surface area contributed by atoms with Crippen molar-refractivity contribution >= 4 is 23.4 Å². The van der Waals surface area contributed by atoms with E-state index in [1.54, 1.807) is 18.2 Å². The summed E-state index contributed by atoms with van der Waals surface area (Å²) in [7, 11) is 1.12. The van der Waals surface area contributed by atoms with Crippen LogP contribution in [0, 0.1) is 5.82 Å². The first kappa shape index (κ1) is 24.0. The molecule has 1 aliphatic rings. The quantitative estimate of drug-likeness (QED) is 0.598. The fourth-order valence-electron chi connectivity index (χ4n) is 3.93. The largest absolute Gasteiger partial charge is 0.465 e. The zero-order valence-electron chi connectivity index (χ0n) is 17.9. The van der Waals surface area contributed by atoms with E-state index >= 15 is 0 Å². The number of alkyl halides is 2. The summed E-state index contributed by atoms with van der Waals surface area (Å²) in [5.74, 6) is -7.94. The minimum Gasteiger partial charge on any atom is -0.465 e. The summed E-state index contributed by atoms with van der Waals surface area (Å²) in [5.41, 5.74) is -1.76. The Kier molecular flexibility index (Phi) is 6.90. The van der Waals surface area contributed by atoms with E-state index in [0.717, 1.165) is 25.3 Å². The molecule has 2 aromatic carbocycles. The molecule has 3 rings (SSSR count). The average Bonchev–Trinajstić information content (AvgIpc) is 3.10. The first-order valence-corrected chi connectivity index (χ1v) is 10.1. The Labute approximate surface area is 188 Å². The van der Waals surface area contributed by atoms with Gasteiger partial charge in [0.05, 0.1) is 30.7 Å². The highest BCUT2D eigenvalue weighted by Gasteiger charge is 2.57. The maximum atomic E-state index is 15.0. The topological polar surface area (TPSA) is 81.7 Å². The number of esters is 2. The maximum absolute atomic E-state index is 15.0. The summed E-state index contributed by atoms with van der Waals surface area (Å²) < 4.78 is 52.9. The van der Waals surface area contributed by atoms with Crippen LogP contribution in [0.2, 0.25) is 0 Å². The fraction of sp³-hybridized carbons (Fsp3) is 0.292. The van der Waals surface area contributed by atoms with Crippen LogP contribution in [-0.2, 0) is 24.5 Å². The van der Waals surface area contributed by atoms with E-state index in [9.17, 15) is 27.6 Å². The fourth-order valence-corrected chi connectivity index (χ4v) is 3.93. The molecule has 0 bridgehead atoms. The number of ketones is 1. The lowest BCUT2D eigenvalue weighted by Gasteiger charge is -2.37. The number of methoxy groups -OCH3 is 1. The molecule has 0 fully saturated rings. The predicted octanol–water partition coefficient (Wildman–Crippen LogP) is 4.06. The molecule has 0 saturated carbocycles. The molecule has 33 heavy (non-hydrogen) atoms. The number of nitrogens with one attached hydrogen (secondary N) is 1. The molecule has 0 heterocycles. The number of anilines is 1. The summed E-state index contributed by atoms with van der Waals surface area (Å²) in [4.78, 5) is 37.3. The molecule has 9 heteroatoms. The molecule has 174 valence electrons. The monoisotopic (exact) mass is 461 g/mol. The Bertz CT molecular complexity index is 1090. The predicted molar refractivity (Wildman–Crippen MR) is 114 cm³/mol. The second kappa shape index (κ2) is 9.48. The Morgan fingerprint density at radius 3 is 2.48 bits per heavy atom. The molecule has 0 radical (unpaired) electrons. The molecule has 0 unspecified atom stereocenters. The average molecular weight is 461 g/mol. The SMILES string of the molecule is CCOC(=O)C(F)(F)C[C@]1(c2ccccc2)C(=O)C=C[C@H]1Nc1ccc(F)cc1C(=O)OC. The van der Waals surface area contributed by atoms with Gasteiger partial charge in [-0.15, -0.1) is 0 Å². The number of ether oxygens (including phenoxy) is 2. The van der Waals surface area contributed by atoms with Gasteiger partial charge in [-0.1, -0.05) is 36.4 Å². The molecule has 0 saturated heterocycles. The van der Waals surface area contributed by atoms with Gasteiger partial charge >= 0.3 is 17.9 Å². The lowest BCUT2D eigenvalue weighted by molar-refractivity contribution is -0.174. The van der Waals surface area contributed by atoms with Crippen LogP contribution < -0.4 is 5.32 Å². The molecule has 0 aliphatic heterocycles. The van der Waals surface area contributed by atoms with Crippen LogP contribution in [0.1, 0.15) is 29.3 Å². The number of allylic oxidation sites excluding steroid dienone is 1. The van der Waals surface area contributed by atoms with Gasteiger partial charge in [0.2, 0.25) is 0 Å². The number of hydrogen-bond donors (Lipinski definition) is 1. The first-order valence-electron chi connectivity index (χ1n) is 10.1. The molecule has 1 aliphatic carbocycles. The molecule has 0 aromatic heterocycles. The van der Waals surface area contributed by atoms with Crippen LogP contribution >= 0.6 is 0 Å². The van der Waals surface area contributed by atoms with Crippen LogP contribution in [0.15, 0.2) is 60.7 Å². The highest BCUT2D eigenvalue weighted by atomic mass is 19.3. The molecule has 2 atom stereocenters. The van der Waals surface area contributed by atoms with Crippen LogP contribution in [0.5, 0.6) is 0 Å². The maximum Gasteiger partial charge on any atom is 0.377 e. The van der Waals surface area contributed by atoms with Crippen molar-refractivity contribution in [2.45, 2.75) is 30.7 Å². The van der Waals surface area contributed by atoms with Gasteiger partial charge in [0.15, 0.2) is 5.78 Å². The Balaban J connectivity index is 2.11. The molecule has 2 aromatic rings. The Hall–Kier alpha value is -3.62. The third kappa shape index (κ3) is 4.62. The van der Waals surface area contributed by atoms with Crippen molar-refractivity contribution in [1.29, 1.82) is 0 Å². The van der Waals surface area contributed by atoms with Crippen LogP contribution in [-0.4, -0.2) is 43.4 Å². The van der Waals surface area contributed by atoms with Gasteiger partial charge in [0.25, 0.3) is 0 Å². The van der Waals surface area contributed by atoms with E-state index in [-0.39, 0.29) is 23.4 Å². The standard InChI is InChI=1S/C24H22F3NO5/c1-3-33-22(31)24(26,27)14-23(15-7-5-4-6-8-15)19(11-12-20(23)29)28-18-10-9-16(25)13-17(18)21(30)32-2/h4-13,19,28H,3,14H2,1-2H3/t19-,23-/m1/s1. The second-order valence-electron chi connectivity index (χ2n) is 7.47. The number of benzene rings is 2. The zero-order valence-corrected chi connectivity index (χ0v) is 17.9. The minimum atomic E-state index is -3.98. The van der Waals surface area contributed by atoms with Gasteiger partial charge < -0.3 is 14.8 Å². The summed E-state index contributed by atoms with van der Waals surface area (Å²) in [5, 5.41) is 2.90. The number of carbonyl (C=O) groups excluding carboxylic acids is 3. The van der Waals surface area contributed by atoms with Crippen LogP contribution in [0.25, 0.3) is 0 Å². The third-order valence-electron chi connectivity index (χ3n) is 5.47. The molecular weight excluding hydrogens is 439 g/mol. The molecule has 0 spiro atoms. The van der Waals surface area contributed by atoms with Crippen LogP contribution in [0.3, 0.4) is 0 Å². The Morgan fingerprint density at radius 2 is 1.85 bits per heavy atom. The van der Waals surface area contributed by atoms with Gasteiger partial charge in [-0.25, -0.2) is 14.0 Å².